The van der Waals surface area contributed by atoms with Crippen LogP contribution in [0.25, 0.3) is 0 Å². The molecule has 0 radical (unpaired) electrons. The lowest BCUT2D eigenvalue weighted by Gasteiger charge is -2.37. The number of hydrogen-bond acceptors (Lipinski definition) is 4. The van der Waals surface area contributed by atoms with Crippen molar-refractivity contribution in [2.45, 2.75) is 38.1 Å². The van der Waals surface area contributed by atoms with Crippen LogP contribution in [-0.4, -0.2) is 65.9 Å². The van der Waals surface area contributed by atoms with Crippen molar-refractivity contribution in [1.82, 2.24) is 15.1 Å². The molecule has 1 aromatic carbocycles. The van der Waals surface area contributed by atoms with Gasteiger partial charge in [-0.1, -0.05) is 43.5 Å². The van der Waals surface area contributed by atoms with E-state index in [0.717, 1.165) is 29.8 Å². The molecule has 1 spiro atoms. The highest BCUT2D eigenvalue weighted by Crippen LogP contribution is 2.38. The Hall–Kier alpha value is -2.28. The molecule has 1 aliphatic carbocycles. The number of nitrogens with one attached hydrogen (secondary N) is 1. The van der Waals surface area contributed by atoms with E-state index in [1.165, 1.54) is 0 Å². The topological polar surface area (TPSA) is 73.0 Å². The van der Waals surface area contributed by atoms with Crippen LogP contribution in [0.2, 0.25) is 5.02 Å². The van der Waals surface area contributed by atoms with Crippen molar-refractivity contribution < 1.29 is 14.4 Å². The second kappa shape index (κ2) is 7.86. The first-order valence-electron chi connectivity index (χ1n) is 10.3. The third kappa shape index (κ3) is 3.56. The van der Waals surface area contributed by atoms with E-state index in [2.05, 4.69) is 10.2 Å². The van der Waals surface area contributed by atoms with Gasteiger partial charge in [-0.25, -0.2) is 4.79 Å². The molecular formula is C21H27ClN4O3. The number of imide groups is 1. The van der Waals surface area contributed by atoms with Gasteiger partial charge in [-0.3, -0.25) is 14.5 Å². The molecule has 0 bridgehead atoms. The second-order valence-electron chi connectivity index (χ2n) is 8.26. The number of carbonyl (C=O) groups is 3. The summed E-state index contributed by atoms with van der Waals surface area (Å²) in [4.78, 5) is 43.3. The fourth-order valence-electron chi connectivity index (χ4n) is 4.78. The number of para-hydroxylation sites is 1. The van der Waals surface area contributed by atoms with Gasteiger partial charge in [0.25, 0.3) is 5.91 Å². The van der Waals surface area contributed by atoms with Crippen molar-refractivity contribution in [3.63, 3.8) is 0 Å². The summed E-state index contributed by atoms with van der Waals surface area (Å²) < 4.78 is 0. The van der Waals surface area contributed by atoms with Gasteiger partial charge in [0.15, 0.2) is 0 Å². The molecule has 29 heavy (non-hydrogen) atoms. The van der Waals surface area contributed by atoms with Crippen LogP contribution < -0.4 is 10.2 Å². The minimum absolute atomic E-state index is 0.0898. The molecular weight excluding hydrogens is 392 g/mol. The summed E-state index contributed by atoms with van der Waals surface area (Å²) in [5.41, 5.74) is 0.141. The minimum atomic E-state index is -0.821. The molecule has 1 N–H and O–H groups in total. The van der Waals surface area contributed by atoms with E-state index >= 15 is 0 Å². The summed E-state index contributed by atoms with van der Waals surface area (Å²) in [6, 6.07) is 7.22. The fourth-order valence-corrected chi connectivity index (χ4v) is 5.03. The molecule has 1 saturated carbocycles. The number of carbonyl (C=O) groups excluding carboxylic acids is 3. The largest absolute Gasteiger partial charge is 0.367 e. The maximum absolute atomic E-state index is 13.0. The van der Waals surface area contributed by atoms with Crippen molar-refractivity contribution >= 4 is 35.1 Å². The van der Waals surface area contributed by atoms with Gasteiger partial charge in [0.2, 0.25) is 5.91 Å². The van der Waals surface area contributed by atoms with Crippen molar-refractivity contribution in [3.8, 4) is 0 Å². The molecule has 2 atom stereocenters. The number of hydrogen-bond donors (Lipinski definition) is 1. The van der Waals surface area contributed by atoms with E-state index in [4.69, 9.17) is 11.6 Å². The smallest absolute Gasteiger partial charge is 0.325 e. The van der Waals surface area contributed by atoms with Crippen LogP contribution in [0.5, 0.6) is 0 Å². The van der Waals surface area contributed by atoms with Gasteiger partial charge < -0.3 is 15.1 Å². The zero-order valence-corrected chi connectivity index (χ0v) is 17.5. The number of piperazine rings is 1. The minimum Gasteiger partial charge on any atom is -0.367 e. The van der Waals surface area contributed by atoms with Crippen molar-refractivity contribution in [2.24, 2.45) is 5.92 Å². The van der Waals surface area contributed by atoms with E-state index in [9.17, 15) is 14.4 Å². The molecule has 2 heterocycles. The number of nitrogens with zero attached hydrogens (tertiary/aromatic N) is 3. The lowest BCUT2D eigenvalue weighted by Crippen LogP contribution is -2.55. The zero-order chi connectivity index (χ0) is 20.6. The molecule has 2 aliphatic heterocycles. The Kier molecular flexibility index (Phi) is 5.42. The molecule has 2 unspecified atom stereocenters. The summed E-state index contributed by atoms with van der Waals surface area (Å²) in [5, 5.41) is 3.60. The molecule has 8 heteroatoms. The quantitative estimate of drug-likeness (QED) is 0.765. The monoisotopic (exact) mass is 418 g/mol. The molecule has 3 aliphatic rings. The fraction of sp³-hybridized carbons (Fsp3) is 0.571. The summed E-state index contributed by atoms with van der Waals surface area (Å²) in [5.74, 6) is -0.336. The first-order chi connectivity index (χ1) is 13.9. The maximum atomic E-state index is 13.0. The van der Waals surface area contributed by atoms with E-state index in [1.807, 2.05) is 31.2 Å². The van der Waals surface area contributed by atoms with Crippen molar-refractivity contribution in [3.05, 3.63) is 29.3 Å². The number of benzene rings is 1. The predicted molar refractivity (Wildman–Crippen MR) is 111 cm³/mol. The number of amides is 4. The summed E-state index contributed by atoms with van der Waals surface area (Å²) >= 11 is 6.27. The van der Waals surface area contributed by atoms with Crippen LogP contribution in [0, 0.1) is 5.92 Å². The van der Waals surface area contributed by atoms with Gasteiger partial charge in [0.05, 0.1) is 10.7 Å². The van der Waals surface area contributed by atoms with Crippen LogP contribution in [0.4, 0.5) is 10.5 Å². The first kappa shape index (κ1) is 20.0. The average Bonchev–Trinajstić information content (AvgIpc) is 2.96. The summed E-state index contributed by atoms with van der Waals surface area (Å²) in [6.45, 7) is 4.22. The van der Waals surface area contributed by atoms with Gasteiger partial charge in [-0.15, -0.1) is 0 Å². The zero-order valence-electron chi connectivity index (χ0n) is 16.7. The van der Waals surface area contributed by atoms with Crippen LogP contribution in [0.15, 0.2) is 24.3 Å². The highest BCUT2D eigenvalue weighted by atomic mass is 35.5. The predicted octanol–water partition coefficient (Wildman–Crippen LogP) is 2.49. The third-order valence-electron chi connectivity index (χ3n) is 6.62. The van der Waals surface area contributed by atoms with E-state index in [1.54, 1.807) is 4.90 Å². The summed E-state index contributed by atoms with van der Waals surface area (Å²) in [6.07, 6.45) is 3.56. The van der Waals surface area contributed by atoms with Gasteiger partial charge in [-0.05, 0) is 30.9 Å². The van der Waals surface area contributed by atoms with E-state index in [-0.39, 0.29) is 24.3 Å². The standard InChI is InChI=1S/C21H27ClN4O3/c1-15-6-4-5-9-21(15)19(28)26(20(29)23-21)14-18(27)25-12-10-24(11-13-25)17-8-3-2-7-16(17)22/h2-3,7-8,15H,4-6,9-14H2,1H3,(H,23,29). The molecule has 4 rings (SSSR count). The van der Waals surface area contributed by atoms with Crippen LogP contribution >= 0.6 is 11.6 Å². The number of halogens is 1. The van der Waals surface area contributed by atoms with Gasteiger partial charge >= 0.3 is 6.03 Å². The summed E-state index contributed by atoms with van der Waals surface area (Å²) in [7, 11) is 0. The van der Waals surface area contributed by atoms with Crippen LogP contribution in [0.3, 0.4) is 0 Å². The highest BCUT2D eigenvalue weighted by Gasteiger charge is 2.55. The molecule has 1 aromatic rings. The lowest BCUT2D eigenvalue weighted by atomic mass is 9.73. The maximum Gasteiger partial charge on any atom is 0.325 e. The Morgan fingerprint density at radius 3 is 2.59 bits per heavy atom. The average molecular weight is 419 g/mol. The van der Waals surface area contributed by atoms with Crippen LogP contribution in [-0.2, 0) is 9.59 Å². The Labute approximate surface area is 176 Å². The van der Waals surface area contributed by atoms with Crippen LogP contribution in [0.1, 0.15) is 32.6 Å². The Morgan fingerprint density at radius 2 is 1.90 bits per heavy atom. The molecule has 0 aromatic heterocycles. The Morgan fingerprint density at radius 1 is 1.17 bits per heavy atom. The molecule has 156 valence electrons. The first-order valence-corrected chi connectivity index (χ1v) is 10.7. The van der Waals surface area contributed by atoms with Gasteiger partial charge in [-0.2, -0.15) is 0 Å². The normalized spacial score (nSPS) is 27.5. The Bertz CT molecular complexity index is 824. The molecule has 4 amide bonds. The second-order valence-corrected chi connectivity index (χ2v) is 8.67. The van der Waals surface area contributed by atoms with Gasteiger partial charge in [0.1, 0.15) is 12.1 Å². The van der Waals surface area contributed by atoms with Gasteiger partial charge in [0, 0.05) is 26.2 Å². The van der Waals surface area contributed by atoms with E-state index < -0.39 is 11.6 Å². The SMILES string of the molecule is CC1CCCCC12NC(=O)N(CC(=O)N1CCN(c3ccccc3Cl)CC1)C2=O. The molecule has 7 nitrogen and oxygen atoms in total. The third-order valence-corrected chi connectivity index (χ3v) is 6.94. The molecule has 3 fully saturated rings. The lowest BCUT2D eigenvalue weighted by molar-refractivity contribution is -0.140. The van der Waals surface area contributed by atoms with Crippen molar-refractivity contribution in [1.29, 1.82) is 0 Å². The number of urea groups is 1. The highest BCUT2D eigenvalue weighted by molar-refractivity contribution is 6.33. The van der Waals surface area contributed by atoms with E-state index in [0.29, 0.717) is 37.6 Å². The number of rotatable bonds is 3. The van der Waals surface area contributed by atoms with Crippen molar-refractivity contribution in [2.75, 3.05) is 37.6 Å². The number of anilines is 1. The molecule has 2 saturated heterocycles. The Balaban J connectivity index is 1.37.